The van der Waals surface area contributed by atoms with Crippen LogP contribution in [0.15, 0.2) is 88.4 Å². The van der Waals surface area contributed by atoms with E-state index in [2.05, 4.69) is 21.2 Å². The molecule has 0 fully saturated rings. The van der Waals surface area contributed by atoms with E-state index in [9.17, 15) is 9.59 Å². The first-order chi connectivity index (χ1) is 15.0. The first kappa shape index (κ1) is 21.0. The van der Waals surface area contributed by atoms with Crippen LogP contribution in [0.2, 0.25) is 0 Å². The third kappa shape index (κ3) is 4.75. The van der Waals surface area contributed by atoms with E-state index in [0.29, 0.717) is 18.4 Å². The largest absolute Gasteiger partial charge is 0.326 e. The van der Waals surface area contributed by atoms with Crippen LogP contribution in [0, 0.1) is 0 Å². The minimum absolute atomic E-state index is 0.0265. The molecule has 1 aliphatic rings. The van der Waals surface area contributed by atoms with Crippen LogP contribution in [0.4, 0.5) is 5.69 Å². The number of carbonyl (C=O) groups is 2. The topological polar surface area (TPSA) is 61.8 Å². The molecule has 4 rings (SSSR count). The van der Waals surface area contributed by atoms with Gasteiger partial charge < -0.3 is 5.32 Å². The molecule has 3 aromatic rings. The van der Waals surface area contributed by atoms with Crippen LogP contribution >= 0.6 is 15.9 Å². The lowest BCUT2D eigenvalue weighted by Crippen LogP contribution is -2.27. The van der Waals surface area contributed by atoms with Gasteiger partial charge in [-0.25, -0.2) is 5.01 Å². The maximum atomic E-state index is 13.3. The third-order valence-electron chi connectivity index (χ3n) is 5.22. The standard InChI is InChI=1S/C25H22BrN3O2/c1-2-24(30)27-21-14-10-17(11-15-21)22-16-23(18-6-4-3-5-7-18)29(28-22)25(31)19-8-12-20(26)13-9-19/h3-15,23H,2,16H2,1H3,(H,27,30). The summed E-state index contributed by atoms with van der Waals surface area (Å²) in [5, 5.41) is 9.16. The minimum atomic E-state index is -0.174. The van der Waals surface area contributed by atoms with Crippen molar-refractivity contribution >= 4 is 39.1 Å². The van der Waals surface area contributed by atoms with Crippen molar-refractivity contribution in [2.24, 2.45) is 5.10 Å². The van der Waals surface area contributed by atoms with Crippen molar-refractivity contribution < 1.29 is 9.59 Å². The molecule has 156 valence electrons. The summed E-state index contributed by atoms with van der Waals surface area (Å²) in [4.78, 5) is 24.9. The van der Waals surface area contributed by atoms with Crippen molar-refractivity contribution in [2.45, 2.75) is 25.8 Å². The summed E-state index contributed by atoms with van der Waals surface area (Å²) >= 11 is 3.41. The SMILES string of the molecule is CCC(=O)Nc1ccc(C2=NN(C(=O)c3ccc(Br)cc3)C(c3ccccc3)C2)cc1. The lowest BCUT2D eigenvalue weighted by molar-refractivity contribution is -0.115. The molecular weight excluding hydrogens is 454 g/mol. The van der Waals surface area contributed by atoms with E-state index in [1.165, 1.54) is 0 Å². The number of nitrogens with one attached hydrogen (secondary N) is 1. The van der Waals surface area contributed by atoms with Gasteiger partial charge in [0, 0.05) is 28.6 Å². The molecule has 2 amide bonds. The Kier molecular flexibility index (Phi) is 6.28. The molecule has 0 spiro atoms. The van der Waals surface area contributed by atoms with Gasteiger partial charge in [-0.1, -0.05) is 65.3 Å². The Labute approximate surface area is 189 Å². The van der Waals surface area contributed by atoms with Gasteiger partial charge in [-0.2, -0.15) is 5.10 Å². The monoisotopic (exact) mass is 475 g/mol. The Morgan fingerprint density at radius 2 is 1.68 bits per heavy atom. The Morgan fingerprint density at radius 1 is 1.00 bits per heavy atom. The summed E-state index contributed by atoms with van der Waals surface area (Å²) in [6.07, 6.45) is 1.05. The normalized spacial score (nSPS) is 15.5. The van der Waals surface area contributed by atoms with Crippen molar-refractivity contribution in [1.82, 2.24) is 5.01 Å². The van der Waals surface area contributed by atoms with Crippen LogP contribution < -0.4 is 5.32 Å². The third-order valence-corrected chi connectivity index (χ3v) is 5.75. The lowest BCUT2D eigenvalue weighted by Gasteiger charge is -2.22. The fourth-order valence-electron chi connectivity index (χ4n) is 3.53. The molecule has 5 nitrogen and oxygen atoms in total. The number of anilines is 1. The van der Waals surface area contributed by atoms with Gasteiger partial charge in [0.15, 0.2) is 0 Å². The molecule has 0 saturated heterocycles. The molecule has 3 aromatic carbocycles. The number of carbonyl (C=O) groups excluding carboxylic acids is 2. The van der Waals surface area contributed by atoms with Crippen LogP contribution in [0.3, 0.4) is 0 Å². The number of rotatable bonds is 5. The van der Waals surface area contributed by atoms with E-state index < -0.39 is 0 Å². The highest BCUT2D eigenvalue weighted by Gasteiger charge is 2.33. The van der Waals surface area contributed by atoms with Gasteiger partial charge in [-0.3, -0.25) is 9.59 Å². The number of nitrogens with zero attached hydrogens (tertiary/aromatic N) is 2. The fraction of sp³-hybridized carbons (Fsp3) is 0.160. The highest BCUT2D eigenvalue weighted by Crippen LogP contribution is 2.34. The molecule has 0 aromatic heterocycles. The summed E-state index contributed by atoms with van der Waals surface area (Å²) in [6.45, 7) is 1.82. The highest BCUT2D eigenvalue weighted by molar-refractivity contribution is 9.10. The van der Waals surface area contributed by atoms with Crippen molar-refractivity contribution in [2.75, 3.05) is 5.32 Å². The van der Waals surface area contributed by atoms with E-state index in [1.54, 1.807) is 17.1 Å². The zero-order valence-corrected chi connectivity index (χ0v) is 18.7. The van der Waals surface area contributed by atoms with Gasteiger partial charge in [0.05, 0.1) is 11.8 Å². The Hall–Kier alpha value is -3.25. The number of benzene rings is 3. The predicted molar refractivity (Wildman–Crippen MR) is 126 cm³/mol. The molecule has 1 heterocycles. The smallest absolute Gasteiger partial charge is 0.274 e. The molecule has 1 aliphatic heterocycles. The highest BCUT2D eigenvalue weighted by atomic mass is 79.9. The number of halogens is 1. The zero-order valence-electron chi connectivity index (χ0n) is 17.1. The fourth-order valence-corrected chi connectivity index (χ4v) is 3.79. The van der Waals surface area contributed by atoms with Gasteiger partial charge in [0.1, 0.15) is 0 Å². The van der Waals surface area contributed by atoms with E-state index >= 15 is 0 Å². The summed E-state index contributed by atoms with van der Waals surface area (Å²) < 4.78 is 0.921. The summed E-state index contributed by atoms with van der Waals surface area (Å²) in [5.74, 6) is -0.162. The van der Waals surface area contributed by atoms with Gasteiger partial charge in [-0.15, -0.1) is 0 Å². The summed E-state index contributed by atoms with van der Waals surface area (Å²) in [7, 11) is 0. The van der Waals surface area contributed by atoms with E-state index in [0.717, 1.165) is 27.0 Å². The first-order valence-electron chi connectivity index (χ1n) is 10.2. The number of hydrogen-bond donors (Lipinski definition) is 1. The second kappa shape index (κ2) is 9.27. The van der Waals surface area contributed by atoms with E-state index in [-0.39, 0.29) is 17.9 Å². The second-order valence-electron chi connectivity index (χ2n) is 7.31. The molecule has 1 N–H and O–H groups in total. The molecule has 0 aliphatic carbocycles. The summed E-state index contributed by atoms with van der Waals surface area (Å²) in [6, 6.07) is 24.7. The average Bonchev–Trinajstić information content (AvgIpc) is 3.25. The second-order valence-corrected chi connectivity index (χ2v) is 8.23. The van der Waals surface area contributed by atoms with Gasteiger partial charge >= 0.3 is 0 Å². The molecule has 0 bridgehead atoms. The predicted octanol–water partition coefficient (Wildman–Crippen LogP) is 5.79. The van der Waals surface area contributed by atoms with Crippen LogP contribution in [-0.2, 0) is 4.79 Å². The maximum absolute atomic E-state index is 13.3. The number of hydrazone groups is 1. The van der Waals surface area contributed by atoms with Gasteiger partial charge in [0.2, 0.25) is 5.91 Å². The Morgan fingerprint density at radius 3 is 2.32 bits per heavy atom. The number of hydrogen-bond acceptors (Lipinski definition) is 3. The molecule has 6 heteroatoms. The van der Waals surface area contributed by atoms with Gasteiger partial charge in [-0.05, 0) is 47.5 Å². The zero-order chi connectivity index (χ0) is 21.8. The van der Waals surface area contributed by atoms with Gasteiger partial charge in [0.25, 0.3) is 5.91 Å². The molecule has 0 radical (unpaired) electrons. The Balaban J connectivity index is 1.64. The van der Waals surface area contributed by atoms with Crippen LogP contribution in [0.5, 0.6) is 0 Å². The quantitative estimate of drug-likeness (QED) is 0.507. The Bertz CT molecular complexity index is 1110. The van der Waals surface area contributed by atoms with E-state index in [1.807, 2.05) is 73.7 Å². The molecule has 1 atom stereocenters. The molecule has 31 heavy (non-hydrogen) atoms. The number of amides is 2. The first-order valence-corrected chi connectivity index (χ1v) is 11.0. The van der Waals surface area contributed by atoms with Crippen LogP contribution in [0.1, 0.15) is 47.3 Å². The lowest BCUT2D eigenvalue weighted by atomic mass is 9.98. The minimum Gasteiger partial charge on any atom is -0.326 e. The van der Waals surface area contributed by atoms with Crippen molar-refractivity contribution in [3.05, 3.63) is 100 Å². The van der Waals surface area contributed by atoms with Crippen LogP contribution in [-0.4, -0.2) is 22.5 Å². The maximum Gasteiger partial charge on any atom is 0.274 e. The molecular formula is C25H22BrN3O2. The molecule has 0 saturated carbocycles. The van der Waals surface area contributed by atoms with Crippen LogP contribution in [0.25, 0.3) is 0 Å². The van der Waals surface area contributed by atoms with Crippen molar-refractivity contribution in [3.63, 3.8) is 0 Å². The molecule has 1 unspecified atom stereocenters. The van der Waals surface area contributed by atoms with Crippen molar-refractivity contribution in [3.8, 4) is 0 Å². The average molecular weight is 476 g/mol. The van der Waals surface area contributed by atoms with E-state index in [4.69, 9.17) is 5.10 Å². The van der Waals surface area contributed by atoms with Crippen molar-refractivity contribution in [1.29, 1.82) is 0 Å². The summed E-state index contributed by atoms with van der Waals surface area (Å²) in [5.41, 5.74) is 4.15.